The van der Waals surface area contributed by atoms with E-state index in [4.69, 9.17) is 10.5 Å². The minimum absolute atomic E-state index is 0.530. The molecule has 0 saturated carbocycles. The third kappa shape index (κ3) is 3.68. The summed E-state index contributed by atoms with van der Waals surface area (Å²) in [6, 6.07) is 3.87. The molecule has 1 aliphatic heterocycles. The normalized spacial score (nSPS) is 18.2. The number of hydrogen-bond acceptors (Lipinski definition) is 4. The first-order valence-electron chi connectivity index (χ1n) is 6.24. The SMILES string of the molecule is CN1CCC(COc2ccc(CN)cn2)CC1. The van der Waals surface area contributed by atoms with Gasteiger partial charge in [-0.2, -0.15) is 0 Å². The van der Waals surface area contributed by atoms with Crippen molar-refractivity contribution in [1.29, 1.82) is 0 Å². The summed E-state index contributed by atoms with van der Waals surface area (Å²) in [6.07, 6.45) is 4.22. The van der Waals surface area contributed by atoms with Crippen LogP contribution in [-0.4, -0.2) is 36.6 Å². The lowest BCUT2D eigenvalue weighted by atomic mass is 9.98. The Kier molecular flexibility index (Phi) is 4.34. The van der Waals surface area contributed by atoms with Crippen molar-refractivity contribution in [2.24, 2.45) is 11.7 Å². The number of hydrogen-bond donors (Lipinski definition) is 1. The van der Waals surface area contributed by atoms with Gasteiger partial charge in [-0.3, -0.25) is 0 Å². The quantitative estimate of drug-likeness (QED) is 0.853. The molecule has 1 aliphatic rings. The van der Waals surface area contributed by atoms with Crippen LogP contribution in [0.2, 0.25) is 0 Å². The van der Waals surface area contributed by atoms with Crippen molar-refractivity contribution >= 4 is 0 Å². The maximum atomic E-state index is 5.71. The van der Waals surface area contributed by atoms with Crippen LogP contribution in [0.15, 0.2) is 18.3 Å². The van der Waals surface area contributed by atoms with Gasteiger partial charge in [0.15, 0.2) is 0 Å². The Bertz CT molecular complexity index is 331. The topological polar surface area (TPSA) is 51.4 Å². The zero-order chi connectivity index (χ0) is 12.1. The highest BCUT2D eigenvalue weighted by Crippen LogP contribution is 2.17. The predicted octanol–water partition coefficient (Wildman–Crippen LogP) is 1.26. The minimum Gasteiger partial charge on any atom is -0.477 e. The second-order valence-corrected chi connectivity index (χ2v) is 4.77. The van der Waals surface area contributed by atoms with Crippen molar-refractivity contribution < 1.29 is 4.74 Å². The summed E-state index contributed by atoms with van der Waals surface area (Å²) in [4.78, 5) is 6.60. The summed E-state index contributed by atoms with van der Waals surface area (Å²) in [5.74, 6) is 1.38. The zero-order valence-corrected chi connectivity index (χ0v) is 10.4. The van der Waals surface area contributed by atoms with Gasteiger partial charge in [0.1, 0.15) is 0 Å². The number of pyridine rings is 1. The van der Waals surface area contributed by atoms with Crippen LogP contribution in [-0.2, 0) is 6.54 Å². The molecule has 17 heavy (non-hydrogen) atoms. The molecule has 0 aliphatic carbocycles. The van der Waals surface area contributed by atoms with Crippen LogP contribution in [0.4, 0.5) is 0 Å². The smallest absolute Gasteiger partial charge is 0.213 e. The van der Waals surface area contributed by atoms with Crippen LogP contribution in [0.1, 0.15) is 18.4 Å². The fourth-order valence-electron chi connectivity index (χ4n) is 2.05. The molecular weight excluding hydrogens is 214 g/mol. The Morgan fingerprint density at radius 2 is 2.18 bits per heavy atom. The van der Waals surface area contributed by atoms with E-state index in [1.165, 1.54) is 25.9 Å². The van der Waals surface area contributed by atoms with Crippen molar-refractivity contribution in [3.8, 4) is 5.88 Å². The summed E-state index contributed by atoms with van der Waals surface area (Å²) in [6.45, 7) is 3.66. The first-order chi connectivity index (χ1) is 8.28. The number of piperidine rings is 1. The van der Waals surface area contributed by atoms with E-state index in [1.807, 2.05) is 12.1 Å². The molecular formula is C13H21N3O. The third-order valence-electron chi connectivity index (χ3n) is 3.34. The Labute approximate surface area is 103 Å². The van der Waals surface area contributed by atoms with E-state index in [2.05, 4.69) is 16.9 Å². The lowest BCUT2D eigenvalue weighted by Crippen LogP contribution is -2.32. The van der Waals surface area contributed by atoms with Gasteiger partial charge in [-0.25, -0.2) is 4.98 Å². The van der Waals surface area contributed by atoms with Crippen molar-refractivity contribution in [3.63, 3.8) is 0 Å². The van der Waals surface area contributed by atoms with Crippen molar-refractivity contribution in [3.05, 3.63) is 23.9 Å². The highest BCUT2D eigenvalue weighted by Gasteiger charge is 2.17. The van der Waals surface area contributed by atoms with E-state index < -0.39 is 0 Å². The molecule has 1 fully saturated rings. The summed E-state index contributed by atoms with van der Waals surface area (Å²) in [5.41, 5.74) is 6.56. The van der Waals surface area contributed by atoms with Gasteiger partial charge in [0, 0.05) is 18.8 Å². The molecule has 0 bridgehead atoms. The molecule has 0 amide bonds. The second kappa shape index (κ2) is 5.98. The highest BCUT2D eigenvalue weighted by atomic mass is 16.5. The van der Waals surface area contributed by atoms with Gasteiger partial charge in [-0.15, -0.1) is 0 Å². The molecule has 1 saturated heterocycles. The number of nitrogens with two attached hydrogens (primary N) is 1. The van der Waals surface area contributed by atoms with Crippen LogP contribution in [0, 0.1) is 5.92 Å². The van der Waals surface area contributed by atoms with Crippen molar-refractivity contribution in [2.75, 3.05) is 26.7 Å². The number of nitrogens with zero attached hydrogens (tertiary/aromatic N) is 2. The largest absolute Gasteiger partial charge is 0.477 e. The summed E-state index contributed by atoms with van der Waals surface area (Å²) < 4.78 is 5.71. The first kappa shape index (κ1) is 12.3. The Hall–Kier alpha value is -1.13. The lowest BCUT2D eigenvalue weighted by Gasteiger charge is -2.28. The third-order valence-corrected chi connectivity index (χ3v) is 3.34. The van der Waals surface area contributed by atoms with Crippen molar-refractivity contribution in [2.45, 2.75) is 19.4 Å². The zero-order valence-electron chi connectivity index (χ0n) is 10.4. The van der Waals surface area contributed by atoms with E-state index in [0.29, 0.717) is 18.3 Å². The monoisotopic (exact) mass is 235 g/mol. The molecule has 2 rings (SSSR count). The fraction of sp³-hybridized carbons (Fsp3) is 0.615. The van der Waals surface area contributed by atoms with Gasteiger partial charge in [0.05, 0.1) is 6.61 Å². The van der Waals surface area contributed by atoms with Crippen LogP contribution < -0.4 is 10.5 Å². The van der Waals surface area contributed by atoms with Gasteiger partial charge < -0.3 is 15.4 Å². The predicted molar refractivity (Wildman–Crippen MR) is 67.8 cm³/mol. The molecule has 0 atom stereocenters. The van der Waals surface area contributed by atoms with E-state index in [1.54, 1.807) is 6.20 Å². The molecule has 4 nitrogen and oxygen atoms in total. The van der Waals surface area contributed by atoms with Crippen LogP contribution in [0.3, 0.4) is 0 Å². The molecule has 2 heterocycles. The maximum absolute atomic E-state index is 5.71. The van der Waals surface area contributed by atoms with E-state index in [-0.39, 0.29) is 0 Å². The van der Waals surface area contributed by atoms with Crippen molar-refractivity contribution in [1.82, 2.24) is 9.88 Å². The van der Waals surface area contributed by atoms with Gasteiger partial charge in [0.2, 0.25) is 5.88 Å². The molecule has 0 radical (unpaired) electrons. The Morgan fingerprint density at radius 3 is 2.76 bits per heavy atom. The maximum Gasteiger partial charge on any atom is 0.213 e. The molecule has 1 aromatic rings. The van der Waals surface area contributed by atoms with Crippen LogP contribution >= 0.6 is 0 Å². The van der Waals surface area contributed by atoms with Gasteiger partial charge >= 0.3 is 0 Å². The van der Waals surface area contributed by atoms with Crippen LogP contribution in [0.5, 0.6) is 5.88 Å². The standard InChI is InChI=1S/C13H21N3O/c1-16-6-4-11(5-7-16)10-17-13-3-2-12(8-14)9-15-13/h2-3,9,11H,4-8,10,14H2,1H3. The summed E-state index contributed by atoms with van der Waals surface area (Å²) in [5, 5.41) is 0. The lowest BCUT2D eigenvalue weighted by molar-refractivity contribution is 0.157. The number of likely N-dealkylation sites (tertiary alicyclic amines) is 1. The van der Waals surface area contributed by atoms with E-state index in [9.17, 15) is 0 Å². The molecule has 2 N–H and O–H groups in total. The molecule has 4 heteroatoms. The van der Waals surface area contributed by atoms with Gasteiger partial charge in [-0.05, 0) is 44.5 Å². The first-order valence-corrected chi connectivity index (χ1v) is 6.24. The molecule has 1 aromatic heterocycles. The summed E-state index contributed by atoms with van der Waals surface area (Å²) >= 11 is 0. The summed E-state index contributed by atoms with van der Waals surface area (Å²) in [7, 11) is 2.17. The van der Waals surface area contributed by atoms with E-state index in [0.717, 1.165) is 12.2 Å². The number of rotatable bonds is 4. The highest BCUT2D eigenvalue weighted by molar-refractivity contribution is 5.17. The number of aromatic nitrogens is 1. The minimum atomic E-state index is 0.530. The average Bonchev–Trinajstić information content (AvgIpc) is 2.39. The van der Waals surface area contributed by atoms with E-state index >= 15 is 0 Å². The average molecular weight is 235 g/mol. The van der Waals surface area contributed by atoms with Crippen LogP contribution in [0.25, 0.3) is 0 Å². The molecule has 0 unspecified atom stereocenters. The Morgan fingerprint density at radius 1 is 1.41 bits per heavy atom. The van der Waals surface area contributed by atoms with Gasteiger partial charge in [-0.1, -0.05) is 6.07 Å². The Balaban J connectivity index is 1.77. The second-order valence-electron chi connectivity index (χ2n) is 4.77. The molecule has 0 spiro atoms. The molecule has 94 valence electrons. The molecule has 0 aromatic carbocycles. The van der Waals surface area contributed by atoms with Gasteiger partial charge in [0.25, 0.3) is 0 Å². The fourth-order valence-corrected chi connectivity index (χ4v) is 2.05. The number of ether oxygens (including phenoxy) is 1.